The van der Waals surface area contributed by atoms with Crippen molar-refractivity contribution in [3.05, 3.63) is 29.8 Å². The summed E-state index contributed by atoms with van der Waals surface area (Å²) < 4.78 is 5.19. The first kappa shape index (κ1) is 11.1. The van der Waals surface area contributed by atoms with Gasteiger partial charge >= 0.3 is 0 Å². The number of hydrogen-bond acceptors (Lipinski definition) is 2. The maximum Gasteiger partial charge on any atom is 0.124 e. The quantitative estimate of drug-likeness (QED) is 0.798. The summed E-state index contributed by atoms with van der Waals surface area (Å²) in [4.78, 5) is 0. The summed E-state index contributed by atoms with van der Waals surface area (Å²) >= 11 is 0. The monoisotopic (exact) mass is 194 g/mol. The molecule has 14 heavy (non-hydrogen) atoms. The molecule has 1 aromatic carbocycles. The van der Waals surface area contributed by atoms with Crippen molar-refractivity contribution in [3.63, 3.8) is 0 Å². The average molecular weight is 194 g/mol. The largest absolute Gasteiger partial charge is 0.496 e. The maximum absolute atomic E-state index is 9.92. The highest BCUT2D eigenvalue weighted by Gasteiger charge is 2.13. The van der Waals surface area contributed by atoms with Gasteiger partial charge in [-0.2, -0.15) is 0 Å². The molecule has 1 aromatic rings. The van der Waals surface area contributed by atoms with Crippen LogP contribution in [0.4, 0.5) is 0 Å². The van der Waals surface area contributed by atoms with Gasteiger partial charge in [-0.25, -0.2) is 0 Å². The van der Waals surface area contributed by atoms with E-state index in [1.165, 1.54) is 0 Å². The van der Waals surface area contributed by atoms with Gasteiger partial charge < -0.3 is 9.84 Å². The van der Waals surface area contributed by atoms with Crippen LogP contribution in [0, 0.1) is 5.92 Å². The second-order valence-electron chi connectivity index (χ2n) is 3.89. The predicted molar refractivity (Wildman–Crippen MR) is 57.4 cm³/mol. The first-order valence-corrected chi connectivity index (χ1v) is 4.96. The topological polar surface area (TPSA) is 29.5 Å². The Bertz CT molecular complexity index is 281. The van der Waals surface area contributed by atoms with Crippen molar-refractivity contribution in [1.82, 2.24) is 0 Å². The molecule has 0 saturated heterocycles. The molecule has 0 heterocycles. The van der Waals surface area contributed by atoms with Crippen LogP contribution >= 0.6 is 0 Å². The first-order valence-electron chi connectivity index (χ1n) is 4.96. The molecule has 0 amide bonds. The molecule has 1 atom stereocenters. The fraction of sp³-hybridized carbons (Fsp3) is 0.500. The van der Waals surface area contributed by atoms with Gasteiger partial charge in [0.2, 0.25) is 0 Å². The molecule has 2 nitrogen and oxygen atoms in total. The molecular weight excluding hydrogens is 176 g/mol. The Morgan fingerprint density at radius 2 is 1.93 bits per heavy atom. The van der Waals surface area contributed by atoms with E-state index in [0.29, 0.717) is 5.92 Å². The molecule has 0 fully saturated rings. The molecule has 78 valence electrons. The van der Waals surface area contributed by atoms with E-state index in [1.807, 2.05) is 24.3 Å². The zero-order chi connectivity index (χ0) is 10.6. The summed E-state index contributed by atoms with van der Waals surface area (Å²) in [7, 11) is 1.63. The third-order valence-electron chi connectivity index (χ3n) is 2.19. The Hall–Kier alpha value is -1.02. The van der Waals surface area contributed by atoms with Gasteiger partial charge in [0.15, 0.2) is 0 Å². The van der Waals surface area contributed by atoms with Gasteiger partial charge in [-0.15, -0.1) is 0 Å². The second-order valence-corrected chi connectivity index (χ2v) is 3.89. The van der Waals surface area contributed by atoms with Gasteiger partial charge in [-0.1, -0.05) is 32.0 Å². The van der Waals surface area contributed by atoms with Crippen LogP contribution in [0.2, 0.25) is 0 Å². The minimum Gasteiger partial charge on any atom is -0.496 e. The van der Waals surface area contributed by atoms with E-state index in [4.69, 9.17) is 4.74 Å². The van der Waals surface area contributed by atoms with E-state index >= 15 is 0 Å². The smallest absolute Gasteiger partial charge is 0.124 e. The SMILES string of the molecule is COc1ccccc1[C@@H](O)CC(C)C. The van der Waals surface area contributed by atoms with Crippen molar-refractivity contribution in [3.8, 4) is 5.75 Å². The average Bonchev–Trinajstić information content (AvgIpc) is 2.16. The van der Waals surface area contributed by atoms with Gasteiger partial charge in [0.1, 0.15) is 5.75 Å². The number of aliphatic hydroxyl groups is 1. The van der Waals surface area contributed by atoms with Gasteiger partial charge in [0, 0.05) is 5.56 Å². The molecule has 0 aromatic heterocycles. The van der Waals surface area contributed by atoms with E-state index < -0.39 is 6.10 Å². The van der Waals surface area contributed by atoms with Crippen molar-refractivity contribution < 1.29 is 9.84 Å². The molecule has 0 unspecified atom stereocenters. The summed E-state index contributed by atoms with van der Waals surface area (Å²) in [5.41, 5.74) is 0.878. The number of ether oxygens (including phenoxy) is 1. The third kappa shape index (κ3) is 2.74. The Morgan fingerprint density at radius 3 is 2.50 bits per heavy atom. The highest BCUT2D eigenvalue weighted by molar-refractivity contribution is 5.34. The minimum absolute atomic E-state index is 0.425. The van der Waals surface area contributed by atoms with E-state index in [1.54, 1.807) is 7.11 Å². The number of hydrogen-bond donors (Lipinski definition) is 1. The normalized spacial score (nSPS) is 12.9. The molecule has 1 N–H and O–H groups in total. The summed E-state index contributed by atoms with van der Waals surface area (Å²) in [6.45, 7) is 4.19. The van der Waals surface area contributed by atoms with Crippen LogP contribution < -0.4 is 4.74 Å². The molecule has 1 rings (SSSR count). The molecule has 0 aliphatic heterocycles. The van der Waals surface area contributed by atoms with Gasteiger partial charge in [0.25, 0.3) is 0 Å². The number of para-hydroxylation sites is 1. The number of rotatable bonds is 4. The van der Waals surface area contributed by atoms with Crippen LogP contribution in [-0.4, -0.2) is 12.2 Å². The van der Waals surface area contributed by atoms with Crippen molar-refractivity contribution in [2.75, 3.05) is 7.11 Å². The fourth-order valence-electron chi connectivity index (χ4n) is 1.52. The Morgan fingerprint density at radius 1 is 1.29 bits per heavy atom. The summed E-state index contributed by atoms with van der Waals surface area (Å²) in [5.74, 6) is 1.25. The van der Waals surface area contributed by atoms with Crippen LogP contribution in [0.15, 0.2) is 24.3 Å². The fourth-order valence-corrected chi connectivity index (χ4v) is 1.52. The molecule has 0 saturated carbocycles. The molecule has 0 aliphatic rings. The molecule has 0 aliphatic carbocycles. The highest BCUT2D eigenvalue weighted by atomic mass is 16.5. The Balaban J connectivity index is 2.82. The lowest BCUT2D eigenvalue weighted by Gasteiger charge is -2.16. The predicted octanol–water partition coefficient (Wildman–Crippen LogP) is 2.77. The Labute approximate surface area is 85.5 Å². The molecule has 0 spiro atoms. The number of aliphatic hydroxyl groups excluding tert-OH is 1. The second kappa shape index (κ2) is 5.01. The van der Waals surface area contributed by atoms with Crippen molar-refractivity contribution in [2.45, 2.75) is 26.4 Å². The van der Waals surface area contributed by atoms with Gasteiger partial charge in [-0.05, 0) is 18.4 Å². The number of methoxy groups -OCH3 is 1. The van der Waals surface area contributed by atoms with Gasteiger partial charge in [0.05, 0.1) is 13.2 Å². The summed E-state index contributed by atoms with van der Waals surface area (Å²) in [6, 6.07) is 7.61. The van der Waals surface area contributed by atoms with Crippen LogP contribution in [0.5, 0.6) is 5.75 Å². The first-order chi connectivity index (χ1) is 6.65. The molecule has 0 radical (unpaired) electrons. The van der Waals surface area contributed by atoms with Crippen LogP contribution in [-0.2, 0) is 0 Å². The van der Waals surface area contributed by atoms with Crippen LogP contribution in [0.1, 0.15) is 31.9 Å². The van der Waals surface area contributed by atoms with Crippen molar-refractivity contribution in [2.24, 2.45) is 5.92 Å². The highest BCUT2D eigenvalue weighted by Crippen LogP contribution is 2.28. The summed E-state index contributed by atoms with van der Waals surface area (Å²) in [6.07, 6.45) is 0.339. The zero-order valence-electron chi connectivity index (χ0n) is 9.03. The van der Waals surface area contributed by atoms with E-state index in [0.717, 1.165) is 17.7 Å². The Kier molecular flexibility index (Phi) is 3.96. The lowest BCUT2D eigenvalue weighted by Crippen LogP contribution is -2.03. The minimum atomic E-state index is -0.425. The van der Waals surface area contributed by atoms with E-state index in [9.17, 15) is 5.11 Å². The van der Waals surface area contributed by atoms with Crippen molar-refractivity contribution >= 4 is 0 Å². The van der Waals surface area contributed by atoms with E-state index in [-0.39, 0.29) is 0 Å². The standard InChI is InChI=1S/C12H18O2/c1-9(2)8-11(13)10-6-4-5-7-12(10)14-3/h4-7,9,11,13H,8H2,1-3H3/t11-/m0/s1. The lowest BCUT2D eigenvalue weighted by molar-refractivity contribution is 0.147. The van der Waals surface area contributed by atoms with Gasteiger partial charge in [-0.3, -0.25) is 0 Å². The lowest BCUT2D eigenvalue weighted by atomic mass is 9.99. The number of benzene rings is 1. The van der Waals surface area contributed by atoms with Crippen molar-refractivity contribution in [1.29, 1.82) is 0 Å². The summed E-state index contributed by atoms with van der Waals surface area (Å²) in [5, 5.41) is 9.92. The molecular formula is C12H18O2. The van der Waals surface area contributed by atoms with E-state index in [2.05, 4.69) is 13.8 Å². The molecule has 2 heteroatoms. The zero-order valence-corrected chi connectivity index (χ0v) is 9.03. The maximum atomic E-state index is 9.92. The third-order valence-corrected chi connectivity index (χ3v) is 2.19. The van der Waals surface area contributed by atoms with Crippen LogP contribution in [0.25, 0.3) is 0 Å². The molecule has 0 bridgehead atoms. The van der Waals surface area contributed by atoms with Crippen LogP contribution in [0.3, 0.4) is 0 Å².